The Bertz CT molecular complexity index is 475. The van der Waals surface area contributed by atoms with Crippen LogP contribution in [0.4, 0.5) is 0 Å². The Labute approximate surface area is 233 Å². The lowest BCUT2D eigenvalue weighted by atomic mass is 10.3. The molecule has 6 atom stereocenters. The van der Waals surface area contributed by atoms with Crippen LogP contribution in [0.2, 0.25) is 0 Å². The van der Waals surface area contributed by atoms with E-state index in [1.54, 1.807) is 0 Å². The van der Waals surface area contributed by atoms with Gasteiger partial charge in [-0.1, -0.05) is 6.92 Å². The van der Waals surface area contributed by atoms with Crippen molar-refractivity contribution in [3.63, 3.8) is 0 Å². The number of hydrogen-bond acceptors (Lipinski definition) is 10. The third-order valence-corrected chi connectivity index (χ3v) is 18.7. The van der Waals surface area contributed by atoms with Gasteiger partial charge in [0, 0.05) is 106 Å². The fourth-order valence-corrected chi connectivity index (χ4v) is 15.9. The molecule has 0 spiro atoms. The normalized spacial score (nSPS) is 31.3. The molecule has 4 rings (SSSR count). The lowest BCUT2D eigenvalue weighted by molar-refractivity contribution is 0.935. The van der Waals surface area contributed by atoms with Crippen molar-refractivity contribution in [2.45, 2.75) is 43.7 Å². The summed E-state index contributed by atoms with van der Waals surface area (Å²) in [5.41, 5.74) is 0. The summed E-state index contributed by atoms with van der Waals surface area (Å²) in [4.78, 5) is 0. The van der Waals surface area contributed by atoms with E-state index in [0.717, 1.165) is 36.7 Å². The molecule has 6 unspecified atom stereocenters. The second kappa shape index (κ2) is 15.7. The average molecular weight is 609 g/mol. The van der Waals surface area contributed by atoms with Gasteiger partial charge in [0.05, 0.1) is 0 Å². The van der Waals surface area contributed by atoms with Crippen LogP contribution in [-0.4, -0.2) is 112 Å². The highest BCUT2D eigenvalue weighted by molar-refractivity contribution is 8.11. The van der Waals surface area contributed by atoms with Gasteiger partial charge in [0.1, 0.15) is 0 Å². The molecule has 4 fully saturated rings. The van der Waals surface area contributed by atoms with Gasteiger partial charge in [-0.3, -0.25) is 0 Å². The van der Waals surface area contributed by atoms with Crippen molar-refractivity contribution in [1.82, 2.24) is 0 Å². The quantitative estimate of drug-likeness (QED) is 0.125. The van der Waals surface area contributed by atoms with Crippen LogP contribution in [0.5, 0.6) is 0 Å². The maximum Gasteiger partial charge on any atom is 0.0268 e. The van der Waals surface area contributed by atoms with E-state index in [1.807, 2.05) is 0 Å². The van der Waals surface area contributed by atoms with Gasteiger partial charge in [-0.25, -0.2) is 0 Å². The van der Waals surface area contributed by atoms with Crippen LogP contribution in [0.15, 0.2) is 0 Å². The topological polar surface area (TPSA) is 0 Å². The molecule has 4 aliphatic rings. The van der Waals surface area contributed by atoms with E-state index in [0.29, 0.717) is 0 Å². The third-order valence-electron chi connectivity index (χ3n) is 5.16. The third kappa shape index (κ3) is 13.0. The van der Waals surface area contributed by atoms with Crippen molar-refractivity contribution in [1.29, 1.82) is 0 Å². The van der Waals surface area contributed by atoms with E-state index in [1.165, 1.54) is 74.8 Å². The van der Waals surface area contributed by atoms with Crippen molar-refractivity contribution < 1.29 is 0 Å². The molecular formula is C21H36S10. The van der Waals surface area contributed by atoms with Gasteiger partial charge in [-0.2, -0.15) is 118 Å². The smallest absolute Gasteiger partial charge is 0.0268 e. The number of rotatable bonds is 21. The van der Waals surface area contributed by atoms with Crippen molar-refractivity contribution in [3.05, 3.63) is 0 Å². The first-order chi connectivity index (χ1) is 15.3. The molecule has 31 heavy (non-hydrogen) atoms. The second-order valence-corrected chi connectivity index (χ2v) is 21.0. The number of thioether (sulfide) groups is 10. The molecule has 0 amide bonds. The minimum absolute atomic E-state index is 0.829. The predicted molar refractivity (Wildman–Crippen MR) is 171 cm³/mol. The lowest BCUT2D eigenvalue weighted by Gasteiger charge is -2.29. The minimum Gasteiger partial charge on any atom is -0.160 e. The highest BCUT2D eigenvalue weighted by Crippen LogP contribution is 2.41. The Morgan fingerprint density at radius 3 is 1.39 bits per heavy atom. The molecule has 0 aromatic rings. The first kappa shape index (κ1) is 27.5. The summed E-state index contributed by atoms with van der Waals surface area (Å²) in [6, 6.07) is 0. The van der Waals surface area contributed by atoms with Crippen molar-refractivity contribution >= 4 is 118 Å². The summed E-state index contributed by atoms with van der Waals surface area (Å²) in [5.74, 6) is 18.0. The van der Waals surface area contributed by atoms with E-state index < -0.39 is 0 Å². The summed E-state index contributed by atoms with van der Waals surface area (Å²) in [6.45, 7) is 2.37. The minimum atomic E-state index is 0.829. The Morgan fingerprint density at radius 1 is 0.613 bits per heavy atom. The predicted octanol–water partition coefficient (Wildman–Crippen LogP) is 6.97. The average Bonchev–Trinajstić information content (AvgIpc) is 3.60. The molecule has 4 heterocycles. The van der Waals surface area contributed by atoms with Crippen LogP contribution in [0.25, 0.3) is 0 Å². The largest absolute Gasteiger partial charge is 0.160 e. The molecule has 0 radical (unpaired) electrons. The zero-order chi connectivity index (χ0) is 21.3. The zero-order valence-electron chi connectivity index (χ0n) is 18.3. The van der Waals surface area contributed by atoms with Gasteiger partial charge in [0.25, 0.3) is 0 Å². The second-order valence-electron chi connectivity index (χ2n) is 8.26. The molecule has 0 N–H and O–H groups in total. The monoisotopic (exact) mass is 608 g/mol. The molecule has 0 aliphatic carbocycles. The van der Waals surface area contributed by atoms with E-state index in [2.05, 4.69) is 125 Å². The highest BCUT2D eigenvalue weighted by Gasteiger charge is 2.30. The first-order valence-corrected chi connectivity index (χ1v) is 22.1. The molecule has 0 aromatic heterocycles. The first-order valence-electron chi connectivity index (χ1n) is 11.3. The van der Waals surface area contributed by atoms with Gasteiger partial charge in [-0.05, 0) is 5.75 Å². The highest BCUT2D eigenvalue weighted by atomic mass is 32.2. The van der Waals surface area contributed by atoms with Gasteiger partial charge in [0.2, 0.25) is 0 Å². The molecule has 180 valence electrons. The number of hydrogen-bond donors (Lipinski definition) is 0. The molecule has 10 heteroatoms. The van der Waals surface area contributed by atoms with Crippen LogP contribution >= 0.6 is 118 Å². The van der Waals surface area contributed by atoms with E-state index in [9.17, 15) is 0 Å². The Kier molecular flexibility index (Phi) is 13.9. The Balaban J connectivity index is 1.28. The van der Waals surface area contributed by atoms with Gasteiger partial charge >= 0.3 is 0 Å². The molecule has 0 bridgehead atoms. The van der Waals surface area contributed by atoms with Crippen LogP contribution in [-0.2, 0) is 0 Å². The van der Waals surface area contributed by atoms with Gasteiger partial charge in [-0.15, -0.1) is 0 Å². The Morgan fingerprint density at radius 2 is 1.00 bits per heavy atom. The van der Waals surface area contributed by atoms with E-state index in [4.69, 9.17) is 0 Å². The molecule has 0 saturated carbocycles. The van der Waals surface area contributed by atoms with Crippen molar-refractivity contribution in [3.8, 4) is 0 Å². The van der Waals surface area contributed by atoms with Crippen molar-refractivity contribution in [2.75, 3.05) is 74.8 Å². The fourth-order valence-electron chi connectivity index (χ4n) is 3.04. The summed E-state index contributed by atoms with van der Waals surface area (Å²) in [5, 5.41) is 6.41. The summed E-state index contributed by atoms with van der Waals surface area (Å²) in [6.07, 6.45) is 0. The summed E-state index contributed by atoms with van der Waals surface area (Å²) in [7, 11) is 0. The zero-order valence-corrected chi connectivity index (χ0v) is 26.5. The lowest BCUT2D eigenvalue weighted by Crippen LogP contribution is -2.30. The van der Waals surface area contributed by atoms with Crippen LogP contribution < -0.4 is 0 Å². The summed E-state index contributed by atoms with van der Waals surface area (Å²) < 4.78 is 0. The van der Waals surface area contributed by atoms with Crippen LogP contribution in [0, 0.1) is 0 Å². The standard InChI is InChI=1S/C21H36S10/c1-2-26-20(13-24-5-17-11-29-17)21(14-25-6-18-12-30-18)31-19(7-22-3-15-9-27-15)8-23-4-16-10-28-16/h15-21H,2-14H2,1H3. The SMILES string of the molecule is CCSC(CSCC1CS1)C(CSCC1CS1)SC(CSCC1CS1)CSCC1CS1. The maximum absolute atomic E-state index is 2.41. The fraction of sp³-hybridized carbons (Fsp3) is 1.00. The van der Waals surface area contributed by atoms with Gasteiger partial charge in [0.15, 0.2) is 0 Å². The van der Waals surface area contributed by atoms with Gasteiger partial charge < -0.3 is 0 Å². The van der Waals surface area contributed by atoms with Crippen molar-refractivity contribution in [2.24, 2.45) is 0 Å². The van der Waals surface area contributed by atoms with Crippen LogP contribution in [0.3, 0.4) is 0 Å². The molecule has 0 aromatic carbocycles. The molecular weight excluding hydrogens is 573 g/mol. The van der Waals surface area contributed by atoms with E-state index in [-0.39, 0.29) is 0 Å². The Hall–Kier alpha value is 3.50. The molecule has 4 aliphatic heterocycles. The molecule has 0 nitrogen and oxygen atoms in total. The molecule has 4 saturated heterocycles. The maximum atomic E-state index is 2.41. The summed E-state index contributed by atoms with van der Waals surface area (Å²) >= 11 is 22.4. The van der Waals surface area contributed by atoms with E-state index >= 15 is 0 Å². The van der Waals surface area contributed by atoms with Crippen LogP contribution in [0.1, 0.15) is 6.92 Å².